The molecule has 1 saturated heterocycles. The monoisotopic (exact) mass is 249 g/mol. The number of hydrazone groups is 1. The van der Waals surface area contributed by atoms with Crippen LogP contribution in [0.2, 0.25) is 0 Å². The number of carbonyl (C=O) groups is 2. The molecule has 0 aromatic heterocycles. The summed E-state index contributed by atoms with van der Waals surface area (Å²) in [6, 6.07) is 2.10. The first-order chi connectivity index (χ1) is 8.70. The lowest BCUT2D eigenvalue weighted by atomic mass is 10.1. The molecule has 0 aliphatic carbocycles. The second kappa shape index (κ2) is 5.60. The quantitative estimate of drug-likeness (QED) is 0.630. The van der Waals surface area contributed by atoms with Crippen LogP contribution in [0.15, 0.2) is 5.10 Å². The molecule has 96 valence electrons. The standard InChI is InChI=1S/C11H15N5O2/c12-3-4-15-5-7-16(8-6-15)11(18)9-1-2-10(17)14-13-9/h1-2,4-8H2,(H,14,17). The molecule has 1 N–H and O–H groups in total. The number of hydrogen-bond acceptors (Lipinski definition) is 5. The Morgan fingerprint density at radius 1 is 1.33 bits per heavy atom. The van der Waals surface area contributed by atoms with Crippen LogP contribution in [0.1, 0.15) is 12.8 Å². The molecule has 0 atom stereocenters. The van der Waals surface area contributed by atoms with Crippen molar-refractivity contribution in [2.24, 2.45) is 5.10 Å². The highest BCUT2D eigenvalue weighted by molar-refractivity contribution is 6.39. The smallest absolute Gasteiger partial charge is 0.270 e. The minimum Gasteiger partial charge on any atom is -0.335 e. The molecule has 7 heteroatoms. The Morgan fingerprint density at radius 2 is 2.06 bits per heavy atom. The fourth-order valence-electron chi connectivity index (χ4n) is 2.02. The van der Waals surface area contributed by atoms with Gasteiger partial charge in [0, 0.05) is 39.0 Å². The van der Waals surface area contributed by atoms with Gasteiger partial charge in [-0.15, -0.1) is 0 Å². The summed E-state index contributed by atoms with van der Waals surface area (Å²) < 4.78 is 0. The summed E-state index contributed by atoms with van der Waals surface area (Å²) in [4.78, 5) is 26.8. The predicted molar refractivity (Wildman–Crippen MR) is 63.4 cm³/mol. The molecule has 0 aromatic carbocycles. The van der Waals surface area contributed by atoms with Gasteiger partial charge in [0.05, 0.1) is 12.6 Å². The Kier molecular flexibility index (Phi) is 3.89. The predicted octanol–water partition coefficient (Wildman–Crippen LogP) is -1.08. The highest BCUT2D eigenvalue weighted by atomic mass is 16.2. The average Bonchev–Trinajstić information content (AvgIpc) is 2.40. The van der Waals surface area contributed by atoms with E-state index in [0.29, 0.717) is 51.3 Å². The molecular formula is C11H15N5O2. The van der Waals surface area contributed by atoms with Gasteiger partial charge in [-0.3, -0.25) is 14.5 Å². The Balaban J connectivity index is 1.88. The zero-order valence-corrected chi connectivity index (χ0v) is 10.1. The van der Waals surface area contributed by atoms with Crippen LogP contribution in [0.4, 0.5) is 0 Å². The Morgan fingerprint density at radius 3 is 2.61 bits per heavy atom. The van der Waals surface area contributed by atoms with Gasteiger partial charge < -0.3 is 4.90 Å². The molecule has 0 aromatic rings. The van der Waals surface area contributed by atoms with Crippen LogP contribution in [0.25, 0.3) is 0 Å². The van der Waals surface area contributed by atoms with Crippen molar-refractivity contribution in [3.05, 3.63) is 0 Å². The number of nitriles is 1. The van der Waals surface area contributed by atoms with Gasteiger partial charge in [0.2, 0.25) is 5.91 Å². The molecule has 2 amide bonds. The summed E-state index contributed by atoms with van der Waals surface area (Å²) in [7, 11) is 0. The number of piperazine rings is 1. The number of amides is 2. The third-order valence-corrected chi connectivity index (χ3v) is 3.11. The van der Waals surface area contributed by atoms with Crippen LogP contribution in [0.3, 0.4) is 0 Å². The van der Waals surface area contributed by atoms with Crippen molar-refractivity contribution in [2.75, 3.05) is 32.7 Å². The normalized spacial score (nSPS) is 20.9. The molecule has 2 aliphatic heterocycles. The summed E-state index contributed by atoms with van der Waals surface area (Å²) in [5, 5.41) is 12.4. The van der Waals surface area contributed by atoms with Crippen molar-refractivity contribution in [1.29, 1.82) is 5.26 Å². The van der Waals surface area contributed by atoms with E-state index in [1.54, 1.807) is 4.90 Å². The molecule has 7 nitrogen and oxygen atoms in total. The van der Waals surface area contributed by atoms with E-state index in [-0.39, 0.29) is 11.8 Å². The van der Waals surface area contributed by atoms with Crippen LogP contribution in [-0.2, 0) is 9.59 Å². The number of rotatable bonds is 2. The van der Waals surface area contributed by atoms with Gasteiger partial charge in [0.1, 0.15) is 5.71 Å². The molecule has 2 rings (SSSR count). The molecule has 1 fully saturated rings. The van der Waals surface area contributed by atoms with E-state index in [1.165, 1.54) is 0 Å². The first kappa shape index (κ1) is 12.5. The topological polar surface area (TPSA) is 88.8 Å². The number of hydrogen-bond donors (Lipinski definition) is 1. The van der Waals surface area contributed by atoms with Crippen molar-refractivity contribution >= 4 is 17.5 Å². The molecular weight excluding hydrogens is 234 g/mol. The first-order valence-electron chi connectivity index (χ1n) is 5.94. The highest BCUT2D eigenvalue weighted by Gasteiger charge is 2.26. The summed E-state index contributed by atoms with van der Waals surface area (Å²) in [5.41, 5.74) is 2.75. The van der Waals surface area contributed by atoms with Crippen LogP contribution in [0.5, 0.6) is 0 Å². The molecule has 0 saturated carbocycles. The second-order valence-electron chi connectivity index (χ2n) is 4.32. The average molecular weight is 249 g/mol. The summed E-state index contributed by atoms with van der Waals surface area (Å²) in [6.07, 6.45) is 0.724. The fourth-order valence-corrected chi connectivity index (χ4v) is 2.02. The van der Waals surface area contributed by atoms with Crippen LogP contribution < -0.4 is 5.43 Å². The van der Waals surface area contributed by atoms with E-state index in [1.807, 2.05) is 4.90 Å². The van der Waals surface area contributed by atoms with Crippen molar-refractivity contribution in [2.45, 2.75) is 12.8 Å². The Hall–Kier alpha value is -1.94. The lowest BCUT2D eigenvalue weighted by Gasteiger charge is -2.33. The SMILES string of the molecule is N#CCN1CCN(C(=O)C2=NNC(=O)CC2)CC1. The van der Waals surface area contributed by atoms with E-state index < -0.39 is 0 Å². The van der Waals surface area contributed by atoms with Gasteiger partial charge in [-0.1, -0.05) is 0 Å². The van der Waals surface area contributed by atoms with Gasteiger partial charge in [-0.05, 0) is 0 Å². The maximum atomic E-state index is 12.1. The van der Waals surface area contributed by atoms with E-state index >= 15 is 0 Å². The minimum absolute atomic E-state index is 0.105. The van der Waals surface area contributed by atoms with Crippen molar-refractivity contribution < 1.29 is 9.59 Å². The molecule has 2 aliphatic rings. The van der Waals surface area contributed by atoms with Gasteiger partial charge >= 0.3 is 0 Å². The molecule has 2 heterocycles. The van der Waals surface area contributed by atoms with Gasteiger partial charge in [0.15, 0.2) is 0 Å². The van der Waals surface area contributed by atoms with E-state index in [2.05, 4.69) is 16.6 Å². The van der Waals surface area contributed by atoms with Gasteiger partial charge in [-0.25, -0.2) is 5.43 Å². The van der Waals surface area contributed by atoms with E-state index in [4.69, 9.17) is 5.26 Å². The highest BCUT2D eigenvalue weighted by Crippen LogP contribution is 2.07. The Labute approximate surface area is 105 Å². The van der Waals surface area contributed by atoms with E-state index in [9.17, 15) is 9.59 Å². The lowest BCUT2D eigenvalue weighted by molar-refractivity contribution is -0.126. The van der Waals surface area contributed by atoms with Gasteiger partial charge in [-0.2, -0.15) is 10.4 Å². The largest absolute Gasteiger partial charge is 0.335 e. The second-order valence-corrected chi connectivity index (χ2v) is 4.32. The van der Waals surface area contributed by atoms with Crippen molar-refractivity contribution in [1.82, 2.24) is 15.2 Å². The lowest BCUT2D eigenvalue weighted by Crippen LogP contribution is -2.51. The number of nitrogens with zero attached hydrogens (tertiary/aromatic N) is 4. The number of carbonyl (C=O) groups excluding carboxylic acids is 2. The van der Waals surface area contributed by atoms with Gasteiger partial charge in [0.25, 0.3) is 5.91 Å². The summed E-state index contributed by atoms with van der Waals surface area (Å²) in [5.74, 6) is -0.253. The molecule has 0 unspecified atom stereocenters. The Bertz CT molecular complexity index is 418. The molecule has 18 heavy (non-hydrogen) atoms. The minimum atomic E-state index is -0.148. The van der Waals surface area contributed by atoms with Crippen LogP contribution in [-0.4, -0.2) is 60.0 Å². The third-order valence-electron chi connectivity index (χ3n) is 3.11. The maximum Gasteiger partial charge on any atom is 0.270 e. The zero-order valence-electron chi connectivity index (χ0n) is 10.1. The van der Waals surface area contributed by atoms with Crippen molar-refractivity contribution in [3.63, 3.8) is 0 Å². The van der Waals surface area contributed by atoms with Crippen molar-refractivity contribution in [3.8, 4) is 6.07 Å². The molecule has 0 radical (unpaired) electrons. The third kappa shape index (κ3) is 2.84. The van der Waals surface area contributed by atoms with Crippen LogP contribution in [0, 0.1) is 11.3 Å². The van der Waals surface area contributed by atoms with Crippen LogP contribution >= 0.6 is 0 Å². The summed E-state index contributed by atoms with van der Waals surface area (Å²) >= 11 is 0. The fraction of sp³-hybridized carbons (Fsp3) is 0.636. The number of nitrogens with one attached hydrogen (secondary N) is 1. The van der Waals surface area contributed by atoms with E-state index in [0.717, 1.165) is 0 Å². The zero-order chi connectivity index (χ0) is 13.0. The maximum absolute atomic E-state index is 12.1. The summed E-state index contributed by atoms with van der Waals surface area (Å²) in [6.45, 7) is 3.03. The molecule has 0 spiro atoms. The molecule has 0 bridgehead atoms. The first-order valence-corrected chi connectivity index (χ1v) is 5.94.